The molecule has 1 aromatic rings. The van der Waals surface area contributed by atoms with Gasteiger partial charge in [-0.3, -0.25) is 4.99 Å². The molecule has 0 amide bonds. The van der Waals surface area contributed by atoms with E-state index in [0.29, 0.717) is 6.04 Å². The Morgan fingerprint density at radius 3 is 2.55 bits per heavy atom. The van der Waals surface area contributed by atoms with Gasteiger partial charge in [0.05, 0.1) is 0 Å². The molecule has 0 fully saturated rings. The van der Waals surface area contributed by atoms with Gasteiger partial charge in [-0.15, -0.1) is 24.0 Å². The molecule has 0 bridgehead atoms. The smallest absolute Gasteiger partial charge is 0.191 e. The molecular formula is C16H24IN3. The van der Waals surface area contributed by atoms with Crippen LogP contribution in [-0.4, -0.2) is 19.0 Å². The van der Waals surface area contributed by atoms with Gasteiger partial charge in [0.1, 0.15) is 0 Å². The van der Waals surface area contributed by atoms with E-state index in [1.54, 1.807) is 0 Å². The van der Waals surface area contributed by atoms with Crippen molar-refractivity contribution in [3.05, 3.63) is 47.0 Å². The number of hydrogen-bond donors (Lipinski definition) is 2. The highest BCUT2D eigenvalue weighted by Crippen LogP contribution is 2.11. The molecule has 1 aliphatic rings. The highest BCUT2D eigenvalue weighted by atomic mass is 127. The molecule has 1 aliphatic carbocycles. The summed E-state index contributed by atoms with van der Waals surface area (Å²) < 4.78 is 0. The lowest BCUT2D eigenvalue weighted by atomic mass is 10.1. The fourth-order valence-corrected chi connectivity index (χ4v) is 2.35. The topological polar surface area (TPSA) is 36.4 Å². The Kier molecular flexibility index (Phi) is 7.05. The molecule has 0 aliphatic heterocycles. The highest BCUT2D eigenvalue weighted by molar-refractivity contribution is 14.0. The lowest BCUT2D eigenvalue weighted by Crippen LogP contribution is -2.42. The Morgan fingerprint density at radius 2 is 1.95 bits per heavy atom. The summed E-state index contributed by atoms with van der Waals surface area (Å²) in [4.78, 5) is 4.28. The molecule has 3 nitrogen and oxygen atoms in total. The lowest BCUT2D eigenvalue weighted by Gasteiger charge is -2.17. The van der Waals surface area contributed by atoms with Crippen LogP contribution in [0.3, 0.4) is 0 Å². The van der Waals surface area contributed by atoms with Crippen LogP contribution in [-0.2, 0) is 6.54 Å². The average molecular weight is 385 g/mol. The zero-order chi connectivity index (χ0) is 13.7. The van der Waals surface area contributed by atoms with Crippen molar-refractivity contribution in [1.29, 1.82) is 0 Å². The van der Waals surface area contributed by atoms with Crippen molar-refractivity contribution in [3.63, 3.8) is 0 Å². The van der Waals surface area contributed by atoms with Crippen LogP contribution in [0.25, 0.3) is 0 Å². The predicted octanol–water partition coefficient (Wildman–Crippen LogP) is 3.31. The predicted molar refractivity (Wildman–Crippen MR) is 96.8 cm³/mol. The molecular weight excluding hydrogens is 361 g/mol. The fraction of sp³-hybridized carbons (Fsp3) is 0.438. The van der Waals surface area contributed by atoms with E-state index in [0.717, 1.165) is 25.3 Å². The van der Waals surface area contributed by atoms with Crippen LogP contribution >= 0.6 is 24.0 Å². The first kappa shape index (κ1) is 17.0. The van der Waals surface area contributed by atoms with Gasteiger partial charge in [0.15, 0.2) is 5.96 Å². The zero-order valence-electron chi connectivity index (χ0n) is 12.4. The molecule has 110 valence electrons. The van der Waals surface area contributed by atoms with Crippen LogP contribution in [0, 0.1) is 13.8 Å². The first-order valence-corrected chi connectivity index (χ1v) is 6.87. The van der Waals surface area contributed by atoms with Gasteiger partial charge < -0.3 is 10.6 Å². The van der Waals surface area contributed by atoms with Crippen molar-refractivity contribution in [2.75, 3.05) is 7.05 Å². The maximum absolute atomic E-state index is 4.28. The van der Waals surface area contributed by atoms with Crippen molar-refractivity contribution in [3.8, 4) is 0 Å². The standard InChI is InChI=1S/C16H23N3.HI/c1-12-8-9-14(13(2)10-12)11-18-16(17-3)19-15-6-4-5-7-15;/h4-5,8-10,15H,6-7,11H2,1-3H3,(H2,17,18,19);1H. The second-order valence-corrected chi connectivity index (χ2v) is 5.14. The molecule has 0 radical (unpaired) electrons. The molecule has 4 heteroatoms. The highest BCUT2D eigenvalue weighted by Gasteiger charge is 2.11. The number of guanidine groups is 1. The van der Waals surface area contributed by atoms with Crippen molar-refractivity contribution in [2.24, 2.45) is 4.99 Å². The number of aliphatic imine (C=N–C) groups is 1. The average Bonchev–Trinajstić information content (AvgIpc) is 2.89. The van der Waals surface area contributed by atoms with Gasteiger partial charge in [-0.25, -0.2) is 0 Å². The number of rotatable bonds is 3. The summed E-state index contributed by atoms with van der Waals surface area (Å²) in [7, 11) is 1.82. The number of aryl methyl sites for hydroxylation is 2. The molecule has 0 aromatic heterocycles. The van der Waals surface area contributed by atoms with Crippen LogP contribution < -0.4 is 10.6 Å². The number of nitrogens with one attached hydrogen (secondary N) is 2. The van der Waals surface area contributed by atoms with Crippen molar-refractivity contribution >= 4 is 29.9 Å². The second-order valence-electron chi connectivity index (χ2n) is 5.14. The summed E-state index contributed by atoms with van der Waals surface area (Å²) in [6, 6.07) is 7.04. The van der Waals surface area contributed by atoms with E-state index in [1.807, 2.05) is 7.05 Å². The van der Waals surface area contributed by atoms with E-state index in [4.69, 9.17) is 0 Å². The van der Waals surface area contributed by atoms with Gasteiger partial charge in [0, 0.05) is 19.6 Å². The molecule has 0 saturated carbocycles. The zero-order valence-corrected chi connectivity index (χ0v) is 14.8. The van der Waals surface area contributed by atoms with Crippen molar-refractivity contribution < 1.29 is 0 Å². The lowest BCUT2D eigenvalue weighted by molar-refractivity contribution is 0.633. The van der Waals surface area contributed by atoms with Gasteiger partial charge in [-0.05, 0) is 37.8 Å². The summed E-state index contributed by atoms with van der Waals surface area (Å²) in [6.07, 6.45) is 6.61. The van der Waals surface area contributed by atoms with Crippen molar-refractivity contribution in [2.45, 2.75) is 39.3 Å². The summed E-state index contributed by atoms with van der Waals surface area (Å²) in [5, 5.41) is 6.83. The first-order chi connectivity index (χ1) is 9.19. The number of benzene rings is 1. The molecule has 0 atom stereocenters. The largest absolute Gasteiger partial charge is 0.353 e. The molecule has 0 saturated heterocycles. The van der Waals surface area contributed by atoms with Crippen LogP contribution in [0.4, 0.5) is 0 Å². The Balaban J connectivity index is 0.00000200. The molecule has 0 unspecified atom stereocenters. The molecule has 0 heterocycles. The summed E-state index contributed by atoms with van der Waals surface area (Å²) >= 11 is 0. The molecule has 1 aromatic carbocycles. The summed E-state index contributed by atoms with van der Waals surface area (Å²) in [5.74, 6) is 0.883. The fourth-order valence-electron chi connectivity index (χ4n) is 2.35. The van der Waals surface area contributed by atoms with Crippen LogP contribution in [0.2, 0.25) is 0 Å². The van der Waals surface area contributed by atoms with E-state index < -0.39 is 0 Å². The summed E-state index contributed by atoms with van der Waals surface area (Å²) in [5.41, 5.74) is 3.95. The van der Waals surface area contributed by atoms with E-state index in [2.05, 4.69) is 59.8 Å². The molecule has 0 spiro atoms. The quantitative estimate of drug-likeness (QED) is 0.363. The van der Waals surface area contributed by atoms with E-state index >= 15 is 0 Å². The van der Waals surface area contributed by atoms with Gasteiger partial charge in [0.2, 0.25) is 0 Å². The third-order valence-corrected chi connectivity index (χ3v) is 3.52. The van der Waals surface area contributed by atoms with E-state index in [1.165, 1.54) is 16.7 Å². The summed E-state index contributed by atoms with van der Waals surface area (Å²) in [6.45, 7) is 5.09. The third kappa shape index (κ3) is 4.81. The Hall–Kier alpha value is -1.04. The SMILES string of the molecule is CN=C(NCc1ccc(C)cc1C)NC1CC=CC1.I. The van der Waals surface area contributed by atoms with Crippen molar-refractivity contribution in [1.82, 2.24) is 10.6 Å². The maximum Gasteiger partial charge on any atom is 0.191 e. The number of nitrogens with zero attached hydrogens (tertiary/aromatic N) is 1. The first-order valence-electron chi connectivity index (χ1n) is 6.87. The van der Waals surface area contributed by atoms with E-state index in [9.17, 15) is 0 Å². The monoisotopic (exact) mass is 385 g/mol. The minimum absolute atomic E-state index is 0. The number of halogens is 1. The van der Waals surface area contributed by atoms with Crippen LogP contribution in [0.1, 0.15) is 29.5 Å². The number of hydrogen-bond acceptors (Lipinski definition) is 1. The Morgan fingerprint density at radius 1 is 1.25 bits per heavy atom. The van der Waals surface area contributed by atoms with Crippen LogP contribution in [0.5, 0.6) is 0 Å². The minimum Gasteiger partial charge on any atom is -0.353 e. The van der Waals surface area contributed by atoms with Crippen LogP contribution in [0.15, 0.2) is 35.3 Å². The van der Waals surface area contributed by atoms with Gasteiger partial charge in [-0.2, -0.15) is 0 Å². The maximum atomic E-state index is 4.28. The molecule has 2 N–H and O–H groups in total. The minimum atomic E-state index is 0. The molecule has 2 rings (SSSR count). The van der Waals surface area contributed by atoms with Gasteiger partial charge in [-0.1, -0.05) is 35.9 Å². The van der Waals surface area contributed by atoms with Gasteiger partial charge >= 0.3 is 0 Å². The normalized spacial score (nSPS) is 15.1. The van der Waals surface area contributed by atoms with E-state index in [-0.39, 0.29) is 24.0 Å². The van der Waals surface area contributed by atoms with Gasteiger partial charge in [0.25, 0.3) is 0 Å². The Labute approximate surface area is 139 Å². The Bertz CT molecular complexity index is 486. The molecule has 20 heavy (non-hydrogen) atoms. The second kappa shape index (κ2) is 8.29. The third-order valence-electron chi connectivity index (χ3n) is 3.52.